The Labute approximate surface area is 579 Å². The van der Waals surface area contributed by atoms with Crippen molar-refractivity contribution in [3.63, 3.8) is 0 Å². The number of thioether (sulfide) groups is 1. The molecular weight excluding hydrogens is 1270 g/mol. The number of hydrogen-bond acceptors (Lipinski definition) is 20. The highest BCUT2D eigenvalue weighted by Gasteiger charge is 2.31. The highest BCUT2D eigenvalue weighted by Crippen LogP contribution is 2.40. The van der Waals surface area contributed by atoms with Crippen LogP contribution in [0.4, 0.5) is 5.69 Å². The number of nitrogens with zero attached hydrogens (tertiary/aromatic N) is 2. The molecule has 1 aliphatic heterocycles. The van der Waals surface area contributed by atoms with Crippen molar-refractivity contribution < 1.29 is 76.7 Å². The van der Waals surface area contributed by atoms with Gasteiger partial charge in [0.15, 0.2) is 17.0 Å². The second kappa shape index (κ2) is 40.8. The van der Waals surface area contributed by atoms with Gasteiger partial charge in [0.05, 0.1) is 76.4 Å². The van der Waals surface area contributed by atoms with Crippen molar-refractivity contribution in [2.24, 2.45) is 28.8 Å². The normalized spacial score (nSPS) is 17.2. The van der Waals surface area contributed by atoms with Crippen molar-refractivity contribution in [2.75, 3.05) is 58.1 Å². The molecular formula is C78H93N3O16S. The molecule has 2 saturated carbocycles. The lowest BCUT2D eigenvalue weighted by Crippen LogP contribution is -2.33. The molecule has 0 bridgehead atoms. The molecule has 1 heterocycles. The summed E-state index contributed by atoms with van der Waals surface area (Å²) < 4.78 is 39.4. The fourth-order valence-electron chi connectivity index (χ4n) is 11.9. The zero-order valence-corrected chi connectivity index (χ0v) is 56.9. The molecule has 1 N–H and O–H groups in total. The molecule has 0 amide bonds. The number of hydrogen-bond donors (Lipinski definition) is 1. The zero-order chi connectivity index (χ0) is 68.4. The lowest BCUT2D eigenvalue weighted by Gasteiger charge is -2.27. The summed E-state index contributed by atoms with van der Waals surface area (Å²) in [6, 6.07) is 41.8. The van der Waals surface area contributed by atoms with E-state index in [9.17, 15) is 24.0 Å². The third-order valence-electron chi connectivity index (χ3n) is 17.6. The zero-order valence-electron chi connectivity index (χ0n) is 56.1. The summed E-state index contributed by atoms with van der Waals surface area (Å²) >= 11 is 1.68. The van der Waals surface area contributed by atoms with Gasteiger partial charge in [-0.1, -0.05) is 85.9 Å². The summed E-state index contributed by atoms with van der Waals surface area (Å²) in [6.45, 7) is 10.4. The van der Waals surface area contributed by atoms with E-state index in [1.54, 1.807) is 72.6 Å². The number of unbranched alkanes of at least 4 members (excludes halogenated alkanes) is 9. The number of esters is 5. The van der Waals surface area contributed by atoms with Gasteiger partial charge < -0.3 is 48.2 Å². The lowest BCUT2D eigenvalue weighted by atomic mass is 9.82. The monoisotopic (exact) mass is 1360 g/mol. The Balaban J connectivity index is 0.749. The highest BCUT2D eigenvalue weighted by atomic mass is 32.2. The Morgan fingerprint density at radius 2 is 1.02 bits per heavy atom. The molecule has 6 aromatic rings. The molecule has 2 fully saturated rings. The van der Waals surface area contributed by atoms with Crippen LogP contribution in [0.1, 0.15) is 140 Å². The van der Waals surface area contributed by atoms with Crippen molar-refractivity contribution >= 4 is 64.3 Å². The fourth-order valence-corrected chi connectivity index (χ4v) is 13.0. The number of nitrogens with one attached hydrogen (secondary N) is 1. The van der Waals surface area contributed by atoms with E-state index in [0.717, 1.165) is 135 Å². The molecule has 20 heteroatoms. The average Bonchev–Trinajstić information content (AvgIpc) is 1.57. The molecule has 0 spiro atoms. The van der Waals surface area contributed by atoms with Gasteiger partial charge in [-0.25, -0.2) is 9.59 Å². The van der Waals surface area contributed by atoms with Crippen LogP contribution in [0.15, 0.2) is 169 Å². The van der Waals surface area contributed by atoms with Crippen LogP contribution < -0.4 is 34.0 Å². The number of carbonyl (C=O) groups excluding carboxylic acids is 5. The molecule has 1 unspecified atom stereocenters. The number of para-hydroxylation sites is 1. The molecule has 1 atom stereocenters. The first-order chi connectivity index (χ1) is 48.0. The van der Waals surface area contributed by atoms with E-state index < -0.39 is 11.9 Å². The van der Waals surface area contributed by atoms with E-state index in [-0.39, 0.29) is 53.5 Å². The summed E-state index contributed by atoms with van der Waals surface area (Å²) in [5, 5.41) is 12.9. The molecule has 0 saturated heterocycles. The van der Waals surface area contributed by atoms with Crippen LogP contribution in [0.3, 0.4) is 0 Å². The van der Waals surface area contributed by atoms with E-state index in [2.05, 4.69) is 30.6 Å². The minimum Gasteiger partial charge on any atom is -0.494 e. The predicted molar refractivity (Wildman–Crippen MR) is 376 cm³/mol. The van der Waals surface area contributed by atoms with E-state index in [1.807, 2.05) is 71.7 Å². The van der Waals surface area contributed by atoms with Crippen LogP contribution in [0, 0.1) is 23.7 Å². The highest BCUT2D eigenvalue weighted by molar-refractivity contribution is 8.00. The topological polar surface area (TPSA) is 215 Å². The molecule has 6 aromatic carbocycles. The smallest absolute Gasteiger partial charge is 0.330 e. The van der Waals surface area contributed by atoms with Crippen LogP contribution in [-0.2, 0) is 54.4 Å². The first-order valence-electron chi connectivity index (χ1n) is 34.7. The van der Waals surface area contributed by atoms with Gasteiger partial charge in [-0.15, -0.1) is 0 Å². The third kappa shape index (κ3) is 24.9. The molecule has 98 heavy (non-hydrogen) atoms. The quantitative estimate of drug-likeness (QED) is 0.00551. The fraction of sp³-hybridized carbons (Fsp3) is 0.436. The van der Waals surface area contributed by atoms with E-state index in [0.29, 0.717) is 113 Å². The lowest BCUT2D eigenvalue weighted by molar-refractivity contribution is -0.218. The Morgan fingerprint density at radius 3 is 1.63 bits per heavy atom. The van der Waals surface area contributed by atoms with E-state index >= 15 is 0 Å². The molecule has 522 valence electrons. The number of benzene rings is 6. The second-order valence-electron chi connectivity index (χ2n) is 24.9. The van der Waals surface area contributed by atoms with Gasteiger partial charge in [0.2, 0.25) is 0 Å². The number of carbonyl (C=O) groups is 5. The second-order valence-corrected chi connectivity index (χ2v) is 26.0. The van der Waals surface area contributed by atoms with Crippen molar-refractivity contribution in [1.29, 1.82) is 0 Å². The van der Waals surface area contributed by atoms with Crippen LogP contribution in [-0.4, -0.2) is 99.4 Å². The van der Waals surface area contributed by atoms with Crippen LogP contribution in [0.5, 0.6) is 34.5 Å². The Bertz CT molecular complexity index is 3480. The number of rotatable bonds is 42. The molecule has 2 aliphatic carbocycles. The summed E-state index contributed by atoms with van der Waals surface area (Å²) in [5.41, 5.74) is 2.32. The van der Waals surface area contributed by atoms with Gasteiger partial charge in [0, 0.05) is 29.2 Å². The summed E-state index contributed by atoms with van der Waals surface area (Å²) in [4.78, 5) is 87.0. The van der Waals surface area contributed by atoms with Gasteiger partial charge >= 0.3 is 29.8 Å². The third-order valence-corrected chi connectivity index (χ3v) is 18.7. The number of anilines is 1. The van der Waals surface area contributed by atoms with Gasteiger partial charge in [-0.05, 0) is 229 Å². The standard InChI is InChI=1S/C78H93N3O16S/c1-3-73(82)89-49-19-9-7-16-47-87-64-36-40-66(41-37-64)94-76(85)60-32-30-58(31-33-60)56-93-97-71-45-44-68(95-77(86)61-34-28-57(29-35-61)55-92-96-67-42-38-65(39-43-67)88-48-17-8-10-20-50-90-74(83)4-2)52-63(71)54-79-81(78-80-70-26-13-14-27-72(70)98-78)46-15-5-6-18-51-91-75(84)53-62-24-21-23-59-22-11-12-25-69(59)62/h3-4,11-14,21-27,36-45,52,54,57-58,60-61,78,80H,1-2,5-10,15-20,28-35,46-51,53,55-56H2/b79-54+. The summed E-state index contributed by atoms with van der Waals surface area (Å²) in [7, 11) is 0. The van der Waals surface area contributed by atoms with Crippen molar-refractivity contribution in [3.05, 3.63) is 170 Å². The van der Waals surface area contributed by atoms with Crippen LogP contribution in [0.25, 0.3) is 10.8 Å². The SMILES string of the molecule is C=CC(=O)OCCCCCCOc1ccc(OOCC2CCC(C(=O)Oc3ccc(OOCC4CCC(C(=O)Oc5ccc(OCCCCCCOC(=O)C=C)cc5)CC4)c(/C=N/N(CCCCCCOC(=O)Cc4cccc5ccccc45)C4Nc5ccccc5S4)c3)CC2)cc1. The van der Waals surface area contributed by atoms with Gasteiger partial charge in [0.25, 0.3) is 0 Å². The van der Waals surface area contributed by atoms with Gasteiger partial charge in [-0.3, -0.25) is 19.4 Å². The van der Waals surface area contributed by atoms with Crippen LogP contribution >= 0.6 is 11.8 Å². The van der Waals surface area contributed by atoms with E-state index in [4.69, 9.17) is 57.8 Å². The number of ether oxygens (including phenoxy) is 7. The maximum atomic E-state index is 13.9. The summed E-state index contributed by atoms with van der Waals surface area (Å²) in [5.74, 6) is 1.41. The van der Waals surface area contributed by atoms with Crippen molar-refractivity contribution in [1.82, 2.24) is 5.01 Å². The maximum Gasteiger partial charge on any atom is 0.330 e. The van der Waals surface area contributed by atoms with Gasteiger partial charge in [0.1, 0.15) is 23.0 Å². The van der Waals surface area contributed by atoms with Gasteiger partial charge in [-0.2, -0.15) is 14.9 Å². The molecule has 3 aliphatic rings. The predicted octanol–water partition coefficient (Wildman–Crippen LogP) is 16.1. The van der Waals surface area contributed by atoms with Crippen molar-refractivity contribution in [3.8, 4) is 34.5 Å². The average molecular weight is 1360 g/mol. The van der Waals surface area contributed by atoms with E-state index in [1.165, 1.54) is 12.2 Å². The minimum absolute atomic E-state index is 0.141. The Hall–Kier alpha value is -8.85. The van der Waals surface area contributed by atoms with Crippen molar-refractivity contribution in [2.45, 2.75) is 145 Å². The molecule has 19 nitrogen and oxygen atoms in total. The number of hydrazone groups is 1. The molecule has 9 rings (SSSR count). The first-order valence-corrected chi connectivity index (χ1v) is 35.6. The Kier molecular flexibility index (Phi) is 30.5. The minimum atomic E-state index is -0.405. The van der Waals surface area contributed by atoms with Crippen LogP contribution in [0.2, 0.25) is 0 Å². The molecule has 0 radical (unpaired) electrons. The Morgan fingerprint density at radius 1 is 0.510 bits per heavy atom. The largest absolute Gasteiger partial charge is 0.494 e. The maximum absolute atomic E-state index is 13.9. The number of fused-ring (bicyclic) bond motifs is 2. The first kappa shape index (κ1) is 73.4. The summed E-state index contributed by atoms with van der Waals surface area (Å²) in [6.07, 6.45) is 20.3. The molecule has 0 aromatic heterocycles.